The van der Waals surface area contributed by atoms with E-state index in [0.717, 1.165) is 12.0 Å². The van der Waals surface area contributed by atoms with E-state index < -0.39 is 0 Å². The minimum Gasteiger partial charge on any atom is -0.465 e. The summed E-state index contributed by atoms with van der Waals surface area (Å²) in [4.78, 5) is 23.4. The molecule has 0 heterocycles. The summed E-state index contributed by atoms with van der Waals surface area (Å²) in [7, 11) is 1.34. The van der Waals surface area contributed by atoms with Gasteiger partial charge < -0.3 is 4.74 Å². The Hall–Kier alpha value is -2.95. The second-order valence-corrected chi connectivity index (χ2v) is 5.71. The summed E-state index contributed by atoms with van der Waals surface area (Å²) in [5.41, 5.74) is 5.04. The lowest BCUT2D eigenvalue weighted by Gasteiger charge is -2.01. The zero-order valence-corrected chi connectivity index (χ0v) is 13.3. The van der Waals surface area contributed by atoms with Crippen LogP contribution in [0.2, 0.25) is 0 Å². The summed E-state index contributed by atoms with van der Waals surface area (Å²) >= 11 is 0. The largest absolute Gasteiger partial charge is 0.465 e. The molecule has 1 fully saturated rings. The van der Waals surface area contributed by atoms with E-state index in [-0.39, 0.29) is 17.8 Å². The number of hydrogen-bond donors (Lipinski definition) is 1. The third kappa shape index (κ3) is 3.68. The molecule has 1 N–H and O–H groups in total. The molecule has 0 bridgehead atoms. The van der Waals surface area contributed by atoms with Gasteiger partial charge in [-0.25, -0.2) is 10.2 Å². The van der Waals surface area contributed by atoms with Crippen LogP contribution in [-0.4, -0.2) is 25.2 Å². The molecule has 1 saturated carbocycles. The number of hydrogen-bond acceptors (Lipinski definition) is 4. The molecule has 24 heavy (non-hydrogen) atoms. The predicted molar refractivity (Wildman–Crippen MR) is 90.8 cm³/mol. The number of esters is 1. The maximum absolute atomic E-state index is 12.1. The first-order valence-electron chi connectivity index (χ1n) is 7.75. The molecule has 2 atom stereocenters. The molecule has 2 aromatic carbocycles. The van der Waals surface area contributed by atoms with Crippen LogP contribution >= 0.6 is 0 Å². The third-order valence-corrected chi connectivity index (χ3v) is 4.08. The molecule has 1 amide bonds. The maximum Gasteiger partial charge on any atom is 0.337 e. The molecular formula is C19H18N2O3. The van der Waals surface area contributed by atoms with Crippen molar-refractivity contribution in [3.05, 3.63) is 71.3 Å². The van der Waals surface area contributed by atoms with Crippen LogP contribution < -0.4 is 5.43 Å². The van der Waals surface area contributed by atoms with Gasteiger partial charge in [-0.15, -0.1) is 0 Å². The Balaban J connectivity index is 1.52. The van der Waals surface area contributed by atoms with Crippen LogP contribution in [-0.2, 0) is 9.53 Å². The number of amides is 1. The summed E-state index contributed by atoms with van der Waals surface area (Å²) in [5.74, 6) is -0.161. The minimum absolute atomic E-state index is 0.00810. The lowest BCUT2D eigenvalue weighted by Crippen LogP contribution is -2.20. The summed E-state index contributed by atoms with van der Waals surface area (Å²) in [5, 5.41) is 3.98. The van der Waals surface area contributed by atoms with Crippen molar-refractivity contribution in [3.8, 4) is 0 Å². The Kier molecular flexibility index (Phi) is 4.70. The fraction of sp³-hybridized carbons (Fsp3) is 0.211. The Labute approximate surface area is 140 Å². The second-order valence-electron chi connectivity index (χ2n) is 5.71. The van der Waals surface area contributed by atoms with Gasteiger partial charge in [-0.3, -0.25) is 4.79 Å². The van der Waals surface area contributed by atoms with Crippen LogP contribution in [0.25, 0.3) is 0 Å². The highest BCUT2D eigenvalue weighted by atomic mass is 16.5. The van der Waals surface area contributed by atoms with Crippen LogP contribution in [0.5, 0.6) is 0 Å². The molecule has 5 nitrogen and oxygen atoms in total. The van der Waals surface area contributed by atoms with Gasteiger partial charge in [-0.1, -0.05) is 42.5 Å². The van der Waals surface area contributed by atoms with Crippen LogP contribution in [0.1, 0.15) is 33.8 Å². The standard InChI is InChI=1S/C19H18N2O3/c1-24-19(23)15-9-7-13(8-10-15)12-20-21-18(22)17-11-16(17)14-5-3-2-4-6-14/h2-10,12,16-17H,11H2,1H3,(H,21,22)/b20-12-/t16-,17-/m1/s1. The predicted octanol–water partition coefficient (Wildman–Crippen LogP) is 2.73. The molecule has 0 aliphatic heterocycles. The van der Waals surface area contributed by atoms with Crippen molar-refractivity contribution in [1.82, 2.24) is 5.43 Å². The first-order chi connectivity index (χ1) is 11.7. The number of rotatable bonds is 5. The third-order valence-electron chi connectivity index (χ3n) is 4.08. The van der Waals surface area contributed by atoms with Gasteiger partial charge in [0.1, 0.15) is 0 Å². The quantitative estimate of drug-likeness (QED) is 0.523. The van der Waals surface area contributed by atoms with Gasteiger partial charge in [-0.2, -0.15) is 5.10 Å². The average molecular weight is 322 g/mol. The second kappa shape index (κ2) is 7.08. The van der Waals surface area contributed by atoms with E-state index in [4.69, 9.17) is 0 Å². The molecular weight excluding hydrogens is 304 g/mol. The summed E-state index contributed by atoms with van der Waals surface area (Å²) in [6.07, 6.45) is 2.41. The molecule has 3 rings (SSSR count). The molecule has 1 aliphatic rings. The van der Waals surface area contributed by atoms with Gasteiger partial charge in [0.15, 0.2) is 0 Å². The van der Waals surface area contributed by atoms with Crippen molar-refractivity contribution < 1.29 is 14.3 Å². The molecule has 2 aromatic rings. The Bertz CT molecular complexity index is 754. The van der Waals surface area contributed by atoms with Gasteiger partial charge in [0.2, 0.25) is 5.91 Å². The number of benzene rings is 2. The highest BCUT2D eigenvalue weighted by molar-refractivity contribution is 5.91. The summed E-state index contributed by atoms with van der Waals surface area (Å²) in [6, 6.07) is 16.8. The normalized spacial score (nSPS) is 19.0. The van der Waals surface area contributed by atoms with Crippen LogP contribution in [0.15, 0.2) is 59.7 Å². The summed E-state index contributed by atoms with van der Waals surface area (Å²) < 4.78 is 4.64. The molecule has 1 aliphatic carbocycles. The molecule has 0 aromatic heterocycles. The number of hydrazone groups is 1. The first-order valence-corrected chi connectivity index (χ1v) is 7.75. The van der Waals surface area contributed by atoms with Crippen molar-refractivity contribution in [1.29, 1.82) is 0 Å². The number of carbonyl (C=O) groups is 2. The van der Waals surface area contributed by atoms with Crippen LogP contribution in [0.3, 0.4) is 0 Å². The van der Waals surface area contributed by atoms with Gasteiger partial charge >= 0.3 is 5.97 Å². The SMILES string of the molecule is COC(=O)c1ccc(/C=N\NC(=O)[C@@H]2C[C@@H]2c2ccccc2)cc1. The number of methoxy groups -OCH3 is 1. The fourth-order valence-electron chi connectivity index (χ4n) is 2.63. The van der Waals surface area contributed by atoms with Crippen molar-refractivity contribution in [3.63, 3.8) is 0 Å². The molecule has 0 spiro atoms. The van der Waals surface area contributed by atoms with Crippen molar-refractivity contribution in [2.24, 2.45) is 11.0 Å². The lowest BCUT2D eigenvalue weighted by atomic mass is 10.1. The highest BCUT2D eigenvalue weighted by Crippen LogP contribution is 2.47. The van der Waals surface area contributed by atoms with E-state index in [0.29, 0.717) is 11.5 Å². The fourth-order valence-corrected chi connectivity index (χ4v) is 2.63. The number of ether oxygens (including phenoxy) is 1. The van der Waals surface area contributed by atoms with E-state index in [9.17, 15) is 9.59 Å². The molecule has 5 heteroatoms. The van der Waals surface area contributed by atoms with E-state index in [1.807, 2.05) is 30.3 Å². The number of nitrogens with zero attached hydrogens (tertiary/aromatic N) is 1. The van der Waals surface area contributed by atoms with Gasteiger partial charge in [-0.05, 0) is 35.6 Å². The smallest absolute Gasteiger partial charge is 0.337 e. The van der Waals surface area contributed by atoms with E-state index >= 15 is 0 Å². The van der Waals surface area contributed by atoms with Crippen LogP contribution in [0.4, 0.5) is 0 Å². The van der Waals surface area contributed by atoms with E-state index in [2.05, 4.69) is 15.3 Å². The maximum atomic E-state index is 12.1. The Morgan fingerprint density at radius 2 is 1.83 bits per heavy atom. The molecule has 122 valence electrons. The molecule has 0 unspecified atom stereocenters. The highest BCUT2D eigenvalue weighted by Gasteiger charge is 2.43. The van der Waals surface area contributed by atoms with Crippen LogP contribution in [0, 0.1) is 5.92 Å². The topological polar surface area (TPSA) is 67.8 Å². The summed E-state index contributed by atoms with van der Waals surface area (Å²) in [6.45, 7) is 0. The van der Waals surface area contributed by atoms with Crippen molar-refractivity contribution in [2.45, 2.75) is 12.3 Å². The Morgan fingerprint density at radius 1 is 1.12 bits per heavy atom. The molecule has 0 saturated heterocycles. The lowest BCUT2D eigenvalue weighted by molar-refractivity contribution is -0.122. The average Bonchev–Trinajstić information content (AvgIpc) is 3.43. The number of nitrogens with one attached hydrogen (secondary N) is 1. The van der Waals surface area contributed by atoms with Crippen molar-refractivity contribution >= 4 is 18.1 Å². The van der Waals surface area contributed by atoms with Gasteiger partial charge in [0, 0.05) is 5.92 Å². The van der Waals surface area contributed by atoms with E-state index in [1.165, 1.54) is 12.7 Å². The van der Waals surface area contributed by atoms with Gasteiger partial charge in [0.25, 0.3) is 0 Å². The molecule has 0 radical (unpaired) electrons. The Morgan fingerprint density at radius 3 is 2.50 bits per heavy atom. The minimum atomic E-state index is -0.382. The zero-order valence-electron chi connectivity index (χ0n) is 13.3. The van der Waals surface area contributed by atoms with Crippen molar-refractivity contribution in [2.75, 3.05) is 7.11 Å². The van der Waals surface area contributed by atoms with E-state index in [1.54, 1.807) is 30.5 Å². The monoisotopic (exact) mass is 322 g/mol. The number of carbonyl (C=O) groups excluding carboxylic acids is 2. The van der Waals surface area contributed by atoms with Gasteiger partial charge in [0.05, 0.1) is 18.9 Å². The zero-order chi connectivity index (χ0) is 16.9. The first kappa shape index (κ1) is 15.9.